The molecule has 2 aromatic carbocycles. The Bertz CT molecular complexity index is 1180. The van der Waals surface area contributed by atoms with Crippen molar-refractivity contribution in [1.29, 1.82) is 0 Å². The summed E-state index contributed by atoms with van der Waals surface area (Å²) in [6.07, 6.45) is 0.277. The second kappa shape index (κ2) is 9.45. The molecule has 1 amide bonds. The Morgan fingerprint density at radius 2 is 1.84 bits per heavy atom. The maximum Gasteiger partial charge on any atom is 0.263 e. The van der Waals surface area contributed by atoms with Gasteiger partial charge in [0.1, 0.15) is 0 Å². The van der Waals surface area contributed by atoms with Gasteiger partial charge in [-0.05, 0) is 42.0 Å². The summed E-state index contributed by atoms with van der Waals surface area (Å²) in [5.41, 5.74) is 1.33. The molecule has 1 aliphatic rings. The molecule has 8 nitrogen and oxygen atoms in total. The molecule has 1 unspecified atom stereocenters. The van der Waals surface area contributed by atoms with Crippen molar-refractivity contribution in [3.8, 4) is 0 Å². The number of nitrogens with one attached hydrogen (secondary N) is 1. The van der Waals surface area contributed by atoms with E-state index in [2.05, 4.69) is 14.6 Å². The van der Waals surface area contributed by atoms with Gasteiger partial charge < -0.3 is 14.9 Å². The monoisotopic (exact) mass is 492 g/mol. The van der Waals surface area contributed by atoms with Gasteiger partial charge in [-0.3, -0.25) is 9.52 Å². The molecule has 1 aromatic heterocycles. The van der Waals surface area contributed by atoms with E-state index < -0.39 is 16.1 Å². The molecular formula is C21H21ClN4O4S2. The van der Waals surface area contributed by atoms with Crippen molar-refractivity contribution in [3.05, 3.63) is 70.7 Å². The summed E-state index contributed by atoms with van der Waals surface area (Å²) in [7, 11) is -3.70. The topological polar surface area (TPSA) is 103 Å². The molecule has 3 aromatic rings. The van der Waals surface area contributed by atoms with Crippen molar-refractivity contribution in [1.82, 2.24) is 9.88 Å². The minimum atomic E-state index is -3.70. The Kier molecular flexibility index (Phi) is 6.66. The molecule has 0 bridgehead atoms. The Morgan fingerprint density at radius 3 is 2.47 bits per heavy atom. The van der Waals surface area contributed by atoms with Gasteiger partial charge in [0.05, 0.1) is 4.90 Å². The van der Waals surface area contributed by atoms with E-state index in [0.29, 0.717) is 41.9 Å². The van der Waals surface area contributed by atoms with E-state index in [1.807, 2.05) is 0 Å². The van der Waals surface area contributed by atoms with Crippen LogP contribution in [0.25, 0.3) is 0 Å². The largest absolute Gasteiger partial charge is 0.378 e. The fraction of sp³-hybridized carbons (Fsp3) is 0.238. The van der Waals surface area contributed by atoms with Gasteiger partial charge in [-0.25, -0.2) is 13.4 Å². The van der Waals surface area contributed by atoms with Crippen LogP contribution in [0.5, 0.6) is 0 Å². The second-order valence-corrected chi connectivity index (χ2v) is 10.2. The number of nitrogens with zero attached hydrogens (tertiary/aromatic N) is 3. The van der Waals surface area contributed by atoms with Crippen molar-refractivity contribution in [2.45, 2.75) is 11.0 Å². The number of anilines is 2. The van der Waals surface area contributed by atoms with Crippen molar-refractivity contribution in [2.24, 2.45) is 0 Å². The van der Waals surface area contributed by atoms with Gasteiger partial charge in [-0.15, -0.1) is 11.3 Å². The maximum atomic E-state index is 12.7. The molecule has 1 atom stereocenters. The van der Waals surface area contributed by atoms with Crippen LogP contribution in [0.4, 0.5) is 10.8 Å². The molecule has 168 valence electrons. The van der Waals surface area contributed by atoms with Gasteiger partial charge in [0, 0.05) is 48.5 Å². The third kappa shape index (κ3) is 5.04. The number of rotatable bonds is 6. The van der Waals surface area contributed by atoms with Crippen molar-refractivity contribution >= 4 is 49.7 Å². The molecule has 0 aliphatic carbocycles. The Labute approximate surface area is 195 Å². The molecular weight excluding hydrogens is 472 g/mol. The SMILES string of the molecule is O=C(C(O)c1cccc(Cl)c1)N1CCN(c2ccc(S(=O)(=O)Nc3nccs3)cc2)CC1. The number of thiazole rings is 1. The number of aliphatic hydroxyl groups is 1. The zero-order valence-corrected chi connectivity index (χ0v) is 19.3. The van der Waals surface area contributed by atoms with Crippen molar-refractivity contribution < 1.29 is 18.3 Å². The number of carbonyl (C=O) groups is 1. The van der Waals surface area contributed by atoms with Crippen LogP contribution in [-0.4, -0.2) is 55.5 Å². The first-order chi connectivity index (χ1) is 15.3. The number of piperazine rings is 1. The van der Waals surface area contributed by atoms with Gasteiger partial charge in [-0.1, -0.05) is 23.7 Å². The molecule has 0 spiro atoms. The van der Waals surface area contributed by atoms with Crippen LogP contribution in [0.2, 0.25) is 5.02 Å². The van der Waals surface area contributed by atoms with Crippen LogP contribution in [-0.2, 0) is 14.8 Å². The molecule has 2 N–H and O–H groups in total. The lowest BCUT2D eigenvalue weighted by Gasteiger charge is -2.37. The summed E-state index contributed by atoms with van der Waals surface area (Å²) >= 11 is 7.16. The molecule has 32 heavy (non-hydrogen) atoms. The number of hydrogen-bond donors (Lipinski definition) is 2. The summed E-state index contributed by atoms with van der Waals surface area (Å²) in [4.78, 5) is 20.5. The number of aliphatic hydroxyl groups excluding tert-OH is 1. The highest BCUT2D eigenvalue weighted by Crippen LogP contribution is 2.24. The van der Waals surface area contributed by atoms with Gasteiger partial charge >= 0.3 is 0 Å². The molecule has 1 saturated heterocycles. The summed E-state index contributed by atoms with van der Waals surface area (Å²) in [6.45, 7) is 2.03. The van der Waals surface area contributed by atoms with E-state index in [1.54, 1.807) is 58.8 Å². The second-order valence-electron chi connectivity index (χ2n) is 7.21. The Morgan fingerprint density at radius 1 is 1.12 bits per heavy atom. The van der Waals surface area contributed by atoms with Crippen molar-refractivity contribution in [3.63, 3.8) is 0 Å². The fourth-order valence-electron chi connectivity index (χ4n) is 3.46. The van der Waals surface area contributed by atoms with E-state index in [1.165, 1.54) is 17.5 Å². The number of benzene rings is 2. The summed E-state index contributed by atoms with van der Waals surface area (Å²) in [5.74, 6) is -0.360. The van der Waals surface area contributed by atoms with E-state index in [4.69, 9.17) is 11.6 Å². The number of halogens is 1. The Hall–Kier alpha value is -2.66. The van der Waals surface area contributed by atoms with Crippen LogP contribution in [0.15, 0.2) is 65.0 Å². The van der Waals surface area contributed by atoms with Crippen LogP contribution in [0.3, 0.4) is 0 Å². The quantitative estimate of drug-likeness (QED) is 0.548. The zero-order valence-electron chi connectivity index (χ0n) is 16.9. The van der Waals surface area contributed by atoms with E-state index >= 15 is 0 Å². The molecule has 0 radical (unpaired) electrons. The molecule has 1 aliphatic heterocycles. The van der Waals surface area contributed by atoms with Crippen molar-refractivity contribution in [2.75, 3.05) is 35.8 Å². The molecule has 11 heteroatoms. The Balaban J connectivity index is 1.36. The fourth-order valence-corrected chi connectivity index (χ4v) is 5.45. The third-order valence-electron chi connectivity index (χ3n) is 5.16. The normalized spacial score (nSPS) is 15.4. The van der Waals surface area contributed by atoms with E-state index in [0.717, 1.165) is 5.69 Å². The lowest BCUT2D eigenvalue weighted by atomic mass is 10.1. The third-order valence-corrected chi connectivity index (χ3v) is 7.56. The highest BCUT2D eigenvalue weighted by molar-refractivity contribution is 7.93. The number of hydrogen-bond acceptors (Lipinski definition) is 7. The number of aromatic nitrogens is 1. The van der Waals surface area contributed by atoms with Crippen LogP contribution in [0.1, 0.15) is 11.7 Å². The molecule has 0 saturated carbocycles. The van der Waals surface area contributed by atoms with Crippen LogP contribution in [0, 0.1) is 0 Å². The minimum absolute atomic E-state index is 0.148. The molecule has 1 fully saturated rings. The number of amides is 1. The average Bonchev–Trinajstić information content (AvgIpc) is 3.30. The average molecular weight is 493 g/mol. The highest BCUT2D eigenvalue weighted by atomic mass is 35.5. The number of carbonyl (C=O) groups excluding carboxylic acids is 1. The smallest absolute Gasteiger partial charge is 0.263 e. The first kappa shape index (κ1) is 22.5. The van der Waals surface area contributed by atoms with E-state index in [9.17, 15) is 18.3 Å². The first-order valence-corrected chi connectivity index (χ1v) is 12.6. The summed E-state index contributed by atoms with van der Waals surface area (Å²) in [5, 5.41) is 12.9. The van der Waals surface area contributed by atoms with Gasteiger partial charge in [0.25, 0.3) is 15.9 Å². The van der Waals surface area contributed by atoms with Gasteiger partial charge in [0.15, 0.2) is 11.2 Å². The first-order valence-electron chi connectivity index (χ1n) is 9.83. The zero-order chi connectivity index (χ0) is 22.7. The predicted octanol–water partition coefficient (Wildman–Crippen LogP) is 2.98. The molecule has 2 heterocycles. The molecule has 4 rings (SSSR count). The van der Waals surface area contributed by atoms with Crippen LogP contribution < -0.4 is 9.62 Å². The predicted molar refractivity (Wildman–Crippen MR) is 125 cm³/mol. The minimum Gasteiger partial charge on any atom is -0.378 e. The number of sulfonamides is 1. The maximum absolute atomic E-state index is 12.7. The standard InChI is InChI=1S/C21H21ClN4O4S2/c22-16-3-1-2-15(14-16)19(27)20(28)26-11-9-25(10-12-26)17-4-6-18(7-5-17)32(29,30)24-21-23-8-13-31-21/h1-8,13-14,19,27H,9-12H2,(H,23,24). The van der Waals surface area contributed by atoms with Crippen LogP contribution >= 0.6 is 22.9 Å². The van der Waals surface area contributed by atoms with Gasteiger partial charge in [-0.2, -0.15) is 0 Å². The summed E-state index contributed by atoms with van der Waals surface area (Å²) < 4.78 is 27.4. The summed E-state index contributed by atoms with van der Waals surface area (Å²) in [6, 6.07) is 13.2. The van der Waals surface area contributed by atoms with E-state index in [-0.39, 0.29) is 10.8 Å². The lowest BCUT2D eigenvalue weighted by Crippen LogP contribution is -2.50. The highest BCUT2D eigenvalue weighted by Gasteiger charge is 2.27. The van der Waals surface area contributed by atoms with Gasteiger partial charge in [0.2, 0.25) is 0 Å². The lowest BCUT2D eigenvalue weighted by molar-refractivity contribution is -0.140.